The lowest BCUT2D eigenvalue weighted by Crippen LogP contribution is -2.30. The van der Waals surface area contributed by atoms with E-state index in [2.05, 4.69) is 5.32 Å². The van der Waals surface area contributed by atoms with Gasteiger partial charge in [0.05, 0.1) is 22.8 Å². The second kappa shape index (κ2) is 9.92. The molecule has 0 saturated heterocycles. The van der Waals surface area contributed by atoms with E-state index in [9.17, 15) is 17.6 Å². The van der Waals surface area contributed by atoms with E-state index in [1.54, 1.807) is 71.9 Å². The van der Waals surface area contributed by atoms with E-state index in [-0.39, 0.29) is 35.7 Å². The Bertz CT molecular complexity index is 1610. The van der Waals surface area contributed by atoms with Crippen molar-refractivity contribution in [2.45, 2.75) is 39.0 Å². The molecule has 5 rings (SSSR count). The Morgan fingerprint density at radius 1 is 1.05 bits per heavy atom. The number of aryl methyl sites for hydroxylation is 2. The summed E-state index contributed by atoms with van der Waals surface area (Å²) in [6.45, 7) is 6.25. The largest absolute Gasteiger partial charge is 0.338 e. The predicted octanol–water partition coefficient (Wildman–Crippen LogP) is 3.74. The SMILES string of the molecule is Cc1cc(-n2nc3c(c2-n2ccn(-c4ccc(CS(C)(=O)=O)cc4)c2=O)C(C)NCC3)cc(C)c1F.Cl. The van der Waals surface area contributed by atoms with Gasteiger partial charge in [0.25, 0.3) is 0 Å². The molecular formula is C26H29ClFN5O3S. The van der Waals surface area contributed by atoms with Gasteiger partial charge in [-0.2, -0.15) is 5.10 Å². The number of hydrogen-bond donors (Lipinski definition) is 1. The number of aromatic nitrogens is 4. The van der Waals surface area contributed by atoms with Gasteiger partial charge in [-0.3, -0.25) is 9.13 Å². The first-order valence-corrected chi connectivity index (χ1v) is 13.8. The second-order valence-corrected chi connectivity index (χ2v) is 11.6. The third-order valence-electron chi connectivity index (χ3n) is 6.53. The first kappa shape index (κ1) is 26.8. The second-order valence-electron chi connectivity index (χ2n) is 9.47. The Morgan fingerprint density at radius 3 is 2.30 bits per heavy atom. The van der Waals surface area contributed by atoms with Gasteiger partial charge in [0.15, 0.2) is 9.84 Å². The average Bonchev–Trinajstić information content (AvgIpc) is 3.38. The molecule has 1 aliphatic rings. The molecule has 1 aliphatic heterocycles. The summed E-state index contributed by atoms with van der Waals surface area (Å²) in [5.74, 6) is 0.304. The number of nitrogens with one attached hydrogen (secondary N) is 1. The molecule has 0 amide bonds. The van der Waals surface area contributed by atoms with Crippen molar-refractivity contribution >= 4 is 22.2 Å². The fraction of sp³-hybridized carbons (Fsp3) is 0.308. The lowest BCUT2D eigenvalue weighted by Gasteiger charge is -2.21. The topological polar surface area (TPSA) is 90.9 Å². The van der Waals surface area contributed by atoms with E-state index in [1.807, 2.05) is 6.92 Å². The zero-order chi connectivity index (χ0) is 25.8. The number of hydrogen-bond acceptors (Lipinski definition) is 5. The molecule has 3 heterocycles. The molecule has 2 aromatic carbocycles. The standard InChI is InChI=1S/C26H28FN5O3S.ClH/c1-16-13-21(14-17(2)24(16)27)32-25(23-18(3)28-10-9-22(23)29-32)31-12-11-30(26(31)33)20-7-5-19(6-8-20)15-36(4,34)35;/h5-8,11-14,18,28H,9-10,15H2,1-4H3;1H. The molecule has 1 N–H and O–H groups in total. The van der Waals surface area contributed by atoms with E-state index < -0.39 is 9.84 Å². The molecule has 8 nitrogen and oxygen atoms in total. The molecule has 0 radical (unpaired) electrons. The van der Waals surface area contributed by atoms with Crippen LogP contribution in [0.3, 0.4) is 0 Å². The van der Waals surface area contributed by atoms with Crippen LogP contribution in [0.15, 0.2) is 53.6 Å². The summed E-state index contributed by atoms with van der Waals surface area (Å²) in [6, 6.07) is 10.3. The monoisotopic (exact) mass is 545 g/mol. The van der Waals surface area contributed by atoms with Crippen molar-refractivity contribution in [3.05, 3.63) is 93.0 Å². The molecule has 11 heteroatoms. The van der Waals surface area contributed by atoms with Gasteiger partial charge < -0.3 is 5.32 Å². The van der Waals surface area contributed by atoms with Crippen molar-refractivity contribution in [2.24, 2.45) is 0 Å². The predicted molar refractivity (Wildman–Crippen MR) is 144 cm³/mol. The van der Waals surface area contributed by atoms with E-state index in [0.717, 1.165) is 24.2 Å². The molecule has 4 aromatic rings. The Balaban J connectivity index is 0.00000320. The van der Waals surface area contributed by atoms with Crippen LogP contribution in [-0.2, 0) is 22.0 Å². The molecule has 0 saturated carbocycles. The van der Waals surface area contributed by atoms with Crippen molar-refractivity contribution < 1.29 is 12.8 Å². The lowest BCUT2D eigenvalue weighted by atomic mass is 10.0. The lowest BCUT2D eigenvalue weighted by molar-refractivity contribution is 0.536. The zero-order valence-corrected chi connectivity index (χ0v) is 22.7. The number of halogens is 2. The maximum absolute atomic E-state index is 14.4. The van der Waals surface area contributed by atoms with Gasteiger partial charge in [-0.25, -0.2) is 22.3 Å². The van der Waals surface area contributed by atoms with Crippen molar-refractivity contribution in [2.75, 3.05) is 12.8 Å². The molecule has 0 bridgehead atoms. The fourth-order valence-electron chi connectivity index (χ4n) is 4.85. The van der Waals surface area contributed by atoms with Crippen LogP contribution in [0, 0.1) is 19.7 Å². The highest BCUT2D eigenvalue weighted by atomic mass is 35.5. The molecule has 1 unspecified atom stereocenters. The molecular weight excluding hydrogens is 517 g/mol. The summed E-state index contributed by atoms with van der Waals surface area (Å²) in [5.41, 5.74) is 4.53. The molecule has 196 valence electrons. The van der Waals surface area contributed by atoms with Gasteiger partial charge in [-0.15, -0.1) is 12.4 Å². The van der Waals surface area contributed by atoms with E-state index in [1.165, 1.54) is 10.8 Å². The molecule has 1 atom stereocenters. The third kappa shape index (κ3) is 5.01. The maximum Gasteiger partial charge on any atom is 0.338 e. The van der Waals surface area contributed by atoms with Gasteiger partial charge in [-0.05, 0) is 61.7 Å². The van der Waals surface area contributed by atoms with Crippen LogP contribution < -0.4 is 11.0 Å². The van der Waals surface area contributed by atoms with Gasteiger partial charge in [0.1, 0.15) is 11.6 Å². The minimum Gasteiger partial charge on any atom is -0.310 e. The fourth-order valence-corrected chi connectivity index (χ4v) is 5.65. The van der Waals surface area contributed by atoms with Crippen LogP contribution in [-0.4, -0.2) is 40.1 Å². The average molecular weight is 546 g/mol. The van der Waals surface area contributed by atoms with Crippen LogP contribution in [0.5, 0.6) is 0 Å². The Morgan fingerprint density at radius 2 is 1.68 bits per heavy atom. The number of nitrogens with zero attached hydrogens (tertiary/aromatic N) is 4. The van der Waals surface area contributed by atoms with Crippen LogP contribution in [0.1, 0.15) is 40.9 Å². The van der Waals surface area contributed by atoms with Crippen LogP contribution in [0.2, 0.25) is 0 Å². The summed E-state index contributed by atoms with van der Waals surface area (Å²) >= 11 is 0. The van der Waals surface area contributed by atoms with Crippen molar-refractivity contribution in [1.82, 2.24) is 24.2 Å². The van der Waals surface area contributed by atoms with Crippen LogP contribution >= 0.6 is 12.4 Å². The number of imidazole rings is 1. The third-order valence-corrected chi connectivity index (χ3v) is 7.39. The van der Waals surface area contributed by atoms with Gasteiger partial charge in [0, 0.05) is 43.2 Å². The Labute approximate surface area is 221 Å². The number of fused-ring (bicyclic) bond motifs is 1. The summed E-state index contributed by atoms with van der Waals surface area (Å²) in [4.78, 5) is 13.7. The zero-order valence-electron chi connectivity index (χ0n) is 21.0. The Hall–Kier alpha value is -3.21. The number of benzene rings is 2. The number of sulfone groups is 1. The van der Waals surface area contributed by atoms with Crippen LogP contribution in [0.25, 0.3) is 17.2 Å². The van der Waals surface area contributed by atoms with Gasteiger partial charge in [0.2, 0.25) is 0 Å². The summed E-state index contributed by atoms with van der Waals surface area (Å²) in [5, 5.41) is 8.30. The van der Waals surface area contributed by atoms with E-state index in [0.29, 0.717) is 33.9 Å². The quantitative estimate of drug-likeness (QED) is 0.412. The van der Waals surface area contributed by atoms with Crippen molar-refractivity contribution in [1.29, 1.82) is 0 Å². The van der Waals surface area contributed by atoms with Crippen LogP contribution in [0.4, 0.5) is 4.39 Å². The molecule has 0 spiro atoms. The summed E-state index contributed by atoms with van der Waals surface area (Å²) < 4.78 is 42.4. The minimum absolute atomic E-state index is 0. The molecule has 2 aromatic heterocycles. The van der Waals surface area contributed by atoms with Gasteiger partial charge in [-0.1, -0.05) is 12.1 Å². The highest BCUT2D eigenvalue weighted by Crippen LogP contribution is 2.31. The minimum atomic E-state index is -3.15. The Kier molecular flexibility index (Phi) is 7.20. The summed E-state index contributed by atoms with van der Waals surface area (Å²) in [7, 11) is -3.15. The van der Waals surface area contributed by atoms with Gasteiger partial charge >= 0.3 is 5.69 Å². The molecule has 0 fully saturated rings. The normalized spacial score (nSPS) is 15.3. The van der Waals surface area contributed by atoms with E-state index in [4.69, 9.17) is 5.10 Å². The highest BCUT2D eigenvalue weighted by molar-refractivity contribution is 7.89. The first-order valence-electron chi connectivity index (χ1n) is 11.7. The van der Waals surface area contributed by atoms with Crippen molar-refractivity contribution in [3.8, 4) is 17.2 Å². The van der Waals surface area contributed by atoms with E-state index >= 15 is 0 Å². The highest BCUT2D eigenvalue weighted by Gasteiger charge is 2.29. The van der Waals surface area contributed by atoms with Crippen molar-refractivity contribution in [3.63, 3.8) is 0 Å². The molecule has 0 aliphatic carbocycles. The summed E-state index contributed by atoms with van der Waals surface area (Å²) in [6.07, 6.45) is 5.29. The first-order chi connectivity index (χ1) is 17.0. The maximum atomic E-state index is 14.4. The molecule has 37 heavy (non-hydrogen) atoms. The smallest absolute Gasteiger partial charge is 0.310 e. The number of rotatable bonds is 5.